The minimum atomic E-state index is -4.47. The van der Waals surface area contributed by atoms with Crippen LogP contribution in [0.15, 0.2) is 208 Å². The summed E-state index contributed by atoms with van der Waals surface area (Å²) >= 11 is 10.4. The Bertz CT molecular complexity index is 5430. The van der Waals surface area contributed by atoms with E-state index in [-0.39, 0.29) is 0 Å². The van der Waals surface area contributed by atoms with Gasteiger partial charge in [0.05, 0.1) is 125 Å². The molecule has 12 aromatic rings. The zero-order valence-corrected chi connectivity index (χ0v) is 73.5. The maximum atomic E-state index is 13.1. The number of anilines is 4. The number of nitrogens with zero attached hydrogens (tertiary/aromatic N) is 8. The SMILES string of the molecule is CCC(O)C(CC)(c1ccc(Br)cc1)n1ncc2c(NS(C)(=O)=O)cccc21.CCC(O)C(CC)(c1ccc(Br)cc1)n1ncc2c(NS(C)(=O)=O)cccc21.CCC(O)C(CC)(c1ccc(Br)cc1)n1ncc2c(NS(C)(=O)=O)cccc21.CCC(O)C(CC)(c1ccc(C(F)(F)F)cc1)n1ncc2c(NS(C)(=O)=O)cccc21. The molecule has 0 radical (unpaired) electrons. The molecular formula is C81H96Br3F3N12O12S4. The topological polar surface area (TPSA) is 337 Å². The molecule has 12 rings (SSSR count). The van der Waals surface area contributed by atoms with Crippen LogP contribution >= 0.6 is 47.8 Å². The molecule has 8 atom stereocenters. The summed E-state index contributed by atoms with van der Waals surface area (Å²) < 4.78 is 153. The molecule has 618 valence electrons. The van der Waals surface area contributed by atoms with Crippen molar-refractivity contribution >= 4 is 154 Å². The van der Waals surface area contributed by atoms with E-state index in [9.17, 15) is 67.3 Å². The Kier molecular flexibility index (Phi) is 28.9. The van der Waals surface area contributed by atoms with Gasteiger partial charge in [-0.1, -0.05) is 176 Å². The average molecular weight is 1850 g/mol. The molecule has 8 unspecified atom stereocenters. The predicted octanol–water partition coefficient (Wildman–Crippen LogP) is 16.6. The molecule has 0 saturated heterocycles. The van der Waals surface area contributed by atoms with Crippen molar-refractivity contribution in [2.24, 2.45) is 0 Å². The molecule has 115 heavy (non-hydrogen) atoms. The van der Waals surface area contributed by atoms with E-state index in [0.29, 0.717) is 107 Å². The zero-order chi connectivity index (χ0) is 84.6. The minimum Gasteiger partial charge on any atom is -0.390 e. The van der Waals surface area contributed by atoms with Crippen LogP contribution in [0.4, 0.5) is 35.9 Å². The first-order valence-corrected chi connectivity index (χ1v) is 47.0. The number of benzene rings is 8. The lowest BCUT2D eigenvalue weighted by molar-refractivity contribution is -0.137. The Labute approximate surface area is 694 Å². The normalized spacial score (nSPS) is 15.4. The summed E-state index contributed by atoms with van der Waals surface area (Å²) in [6, 6.07) is 49.4. The quantitative estimate of drug-likeness (QED) is 0.0226. The second-order valence-corrected chi connectivity index (χ2v) is 37.8. The van der Waals surface area contributed by atoms with E-state index in [2.05, 4.69) is 87.1 Å². The Morgan fingerprint density at radius 3 is 0.670 bits per heavy atom. The van der Waals surface area contributed by atoms with Crippen LogP contribution in [0.1, 0.15) is 135 Å². The van der Waals surface area contributed by atoms with Gasteiger partial charge in [0.2, 0.25) is 40.1 Å². The first kappa shape index (κ1) is 90.6. The Morgan fingerprint density at radius 2 is 0.504 bits per heavy atom. The van der Waals surface area contributed by atoms with Gasteiger partial charge in [-0.25, -0.2) is 33.7 Å². The summed E-state index contributed by atoms with van der Waals surface area (Å²) in [5, 5.41) is 65.2. The molecule has 4 heterocycles. The summed E-state index contributed by atoms with van der Waals surface area (Å²) in [7, 11) is -13.8. The highest BCUT2D eigenvalue weighted by molar-refractivity contribution is 9.11. The number of aliphatic hydroxyl groups is 4. The molecule has 0 aliphatic carbocycles. The fraction of sp³-hybridized carbons (Fsp3) is 0.358. The van der Waals surface area contributed by atoms with E-state index in [1.54, 1.807) is 84.8 Å². The van der Waals surface area contributed by atoms with Gasteiger partial charge in [-0.15, -0.1) is 0 Å². The molecule has 0 fully saturated rings. The highest BCUT2D eigenvalue weighted by atomic mass is 79.9. The van der Waals surface area contributed by atoms with Crippen LogP contribution in [-0.4, -0.2) is 143 Å². The molecule has 0 bridgehead atoms. The van der Waals surface area contributed by atoms with E-state index in [1.807, 2.05) is 154 Å². The van der Waals surface area contributed by atoms with Gasteiger partial charge >= 0.3 is 6.18 Å². The number of hydrogen-bond donors (Lipinski definition) is 8. The maximum absolute atomic E-state index is 13.1. The van der Waals surface area contributed by atoms with Crippen LogP contribution in [0.5, 0.6) is 0 Å². The molecule has 0 spiro atoms. The van der Waals surface area contributed by atoms with Crippen molar-refractivity contribution in [3.63, 3.8) is 0 Å². The minimum absolute atomic E-state index is 0.328. The first-order valence-electron chi connectivity index (χ1n) is 37.1. The molecular weight excluding hydrogens is 1760 g/mol. The molecule has 24 nitrogen and oxygen atoms in total. The average Bonchev–Trinajstić information content (AvgIpc) is 1.67. The van der Waals surface area contributed by atoms with Gasteiger partial charge in [0, 0.05) is 35.0 Å². The Morgan fingerprint density at radius 1 is 0.322 bits per heavy atom. The lowest BCUT2D eigenvalue weighted by atomic mass is 9.80. The van der Waals surface area contributed by atoms with Crippen molar-refractivity contribution < 1.29 is 67.3 Å². The van der Waals surface area contributed by atoms with Crippen LogP contribution in [-0.2, 0) is 68.4 Å². The molecule has 0 amide bonds. The largest absolute Gasteiger partial charge is 0.416 e. The van der Waals surface area contributed by atoms with Crippen molar-refractivity contribution in [1.82, 2.24) is 39.1 Å². The number of fused-ring (bicyclic) bond motifs is 4. The van der Waals surface area contributed by atoms with Crippen molar-refractivity contribution in [2.45, 2.75) is 160 Å². The fourth-order valence-corrected chi connectivity index (χ4v) is 18.4. The van der Waals surface area contributed by atoms with E-state index in [1.165, 1.54) is 18.3 Å². The molecule has 4 aromatic heterocycles. The van der Waals surface area contributed by atoms with Crippen molar-refractivity contribution in [3.8, 4) is 0 Å². The van der Waals surface area contributed by atoms with Crippen molar-refractivity contribution in [2.75, 3.05) is 43.9 Å². The lowest BCUT2D eigenvalue weighted by Gasteiger charge is -2.38. The van der Waals surface area contributed by atoms with Gasteiger partial charge in [0.25, 0.3) is 0 Å². The van der Waals surface area contributed by atoms with E-state index in [0.717, 1.165) is 83.8 Å². The molecule has 0 aliphatic heterocycles. The first-order chi connectivity index (χ1) is 54.1. The van der Waals surface area contributed by atoms with Gasteiger partial charge < -0.3 is 20.4 Å². The number of aromatic nitrogens is 8. The van der Waals surface area contributed by atoms with Gasteiger partial charge in [0.15, 0.2) is 0 Å². The Hall–Kier alpha value is -8.29. The van der Waals surface area contributed by atoms with Gasteiger partial charge in [-0.2, -0.15) is 33.6 Å². The van der Waals surface area contributed by atoms with Crippen molar-refractivity contribution in [1.29, 1.82) is 0 Å². The zero-order valence-electron chi connectivity index (χ0n) is 65.5. The summed E-state index contributed by atoms with van der Waals surface area (Å²) in [5.41, 5.74) is 3.60. The smallest absolute Gasteiger partial charge is 0.390 e. The monoisotopic (exact) mass is 1850 g/mol. The summed E-state index contributed by atoms with van der Waals surface area (Å²) in [5.74, 6) is 0. The number of hydrogen-bond acceptors (Lipinski definition) is 16. The standard InChI is InChI=1S/C21H24F3N3O3S.3C20H24BrN3O3S/c1-4-19(28)20(5-2,14-9-11-15(12-10-14)21(22,23)24)27-18-8-6-7-17(16(18)13-25-27)26-31(3,29)30;3*1-4-19(25)20(5-2,14-9-11-15(21)12-10-14)24-18-8-6-7-17(16(18)13-22-24)23-28(3,26)27/h6-13,19,26,28H,4-5H2,1-3H3;3*6-13,19,23,25H,4-5H2,1-3H3. The third kappa shape index (κ3) is 19.5. The summed E-state index contributed by atoms with van der Waals surface area (Å²) in [6.07, 6.45) is 7.54. The van der Waals surface area contributed by atoms with Crippen molar-refractivity contribution in [3.05, 3.63) is 236 Å². The number of alkyl halides is 3. The van der Waals surface area contributed by atoms with Gasteiger partial charge in [-0.3, -0.25) is 37.6 Å². The van der Waals surface area contributed by atoms with E-state index >= 15 is 0 Å². The molecule has 0 aliphatic rings. The number of sulfonamides is 4. The number of rotatable bonds is 28. The molecule has 8 aromatic carbocycles. The van der Waals surface area contributed by atoms with E-state index < -0.39 is 98.4 Å². The third-order valence-electron chi connectivity index (χ3n) is 20.8. The van der Waals surface area contributed by atoms with Gasteiger partial charge in [0.1, 0.15) is 22.2 Å². The lowest BCUT2D eigenvalue weighted by Crippen LogP contribution is -2.46. The highest BCUT2D eigenvalue weighted by Gasteiger charge is 2.46. The number of nitrogens with one attached hydrogen (secondary N) is 4. The third-order valence-corrected chi connectivity index (χ3v) is 24.7. The second kappa shape index (κ2) is 36.7. The molecule has 34 heteroatoms. The van der Waals surface area contributed by atoms with E-state index in [4.69, 9.17) is 0 Å². The van der Waals surface area contributed by atoms with Crippen LogP contribution in [0.25, 0.3) is 43.6 Å². The Balaban J connectivity index is 0.000000176. The van der Waals surface area contributed by atoms with Gasteiger partial charge in [-0.05, 0) is 171 Å². The second-order valence-electron chi connectivity index (χ2n) is 28.1. The summed E-state index contributed by atoms with van der Waals surface area (Å²) in [4.78, 5) is 0. The molecule has 0 saturated carbocycles. The maximum Gasteiger partial charge on any atom is 0.416 e. The summed E-state index contributed by atoms with van der Waals surface area (Å²) in [6.45, 7) is 15.5. The fourth-order valence-electron chi connectivity index (χ4n) is 15.3. The predicted molar refractivity (Wildman–Crippen MR) is 461 cm³/mol. The van der Waals surface area contributed by atoms with Crippen LogP contribution in [0.3, 0.4) is 0 Å². The van der Waals surface area contributed by atoms with Crippen LogP contribution in [0.2, 0.25) is 0 Å². The van der Waals surface area contributed by atoms with Crippen LogP contribution < -0.4 is 18.9 Å². The van der Waals surface area contributed by atoms with Crippen LogP contribution in [0, 0.1) is 0 Å². The number of halogens is 6. The highest BCUT2D eigenvalue weighted by Crippen LogP contribution is 2.45. The number of aliphatic hydroxyl groups excluding tert-OH is 4. The molecule has 8 N–H and O–H groups in total.